The number of aromatic nitrogens is 2. The average molecular weight is 311 g/mol. The van der Waals surface area contributed by atoms with Crippen LogP contribution in [-0.4, -0.2) is 32.8 Å². The van der Waals surface area contributed by atoms with Crippen molar-refractivity contribution in [3.63, 3.8) is 0 Å². The highest BCUT2D eigenvalue weighted by atomic mass is 32.2. The number of nitrogens with zero attached hydrogens (tertiary/aromatic N) is 1. The maximum absolute atomic E-state index is 12.1. The molecule has 7 nitrogen and oxygen atoms in total. The summed E-state index contributed by atoms with van der Waals surface area (Å²) in [6, 6.07) is 4.83. The third-order valence-electron chi connectivity index (χ3n) is 3.02. The van der Waals surface area contributed by atoms with E-state index in [-0.39, 0.29) is 4.90 Å². The lowest BCUT2D eigenvalue weighted by molar-refractivity contribution is 0.354. The highest BCUT2D eigenvalue weighted by molar-refractivity contribution is 7.89. The van der Waals surface area contributed by atoms with E-state index in [0.717, 1.165) is 5.56 Å². The largest absolute Gasteiger partial charge is 0.493 e. The summed E-state index contributed by atoms with van der Waals surface area (Å²) in [5, 5.41) is 6.11. The SMILES string of the molecule is COc1ccc(C(C)NS(=O)(=O)c2cn[nH]c2)cc1OC. The van der Waals surface area contributed by atoms with Crippen LogP contribution in [0, 0.1) is 0 Å². The Morgan fingerprint density at radius 2 is 1.95 bits per heavy atom. The zero-order valence-corrected chi connectivity index (χ0v) is 12.8. The molecule has 0 bridgehead atoms. The van der Waals surface area contributed by atoms with Gasteiger partial charge in [0.15, 0.2) is 11.5 Å². The van der Waals surface area contributed by atoms with Crippen molar-refractivity contribution in [3.05, 3.63) is 36.2 Å². The molecule has 114 valence electrons. The van der Waals surface area contributed by atoms with Crippen LogP contribution in [0.2, 0.25) is 0 Å². The second kappa shape index (κ2) is 6.15. The van der Waals surface area contributed by atoms with Crippen molar-refractivity contribution < 1.29 is 17.9 Å². The molecule has 1 unspecified atom stereocenters. The van der Waals surface area contributed by atoms with Gasteiger partial charge in [0.25, 0.3) is 0 Å². The van der Waals surface area contributed by atoms with Crippen molar-refractivity contribution in [2.24, 2.45) is 0 Å². The summed E-state index contributed by atoms with van der Waals surface area (Å²) in [7, 11) is -0.541. The predicted octanol–water partition coefficient (Wildman–Crippen LogP) is 1.47. The summed E-state index contributed by atoms with van der Waals surface area (Å²) in [5.41, 5.74) is 0.764. The van der Waals surface area contributed by atoms with Gasteiger partial charge in [-0.2, -0.15) is 5.10 Å². The average Bonchev–Trinajstić information content (AvgIpc) is 3.01. The van der Waals surface area contributed by atoms with Gasteiger partial charge < -0.3 is 9.47 Å². The van der Waals surface area contributed by atoms with Crippen molar-refractivity contribution in [1.82, 2.24) is 14.9 Å². The molecule has 1 heterocycles. The molecule has 2 aromatic rings. The van der Waals surface area contributed by atoms with E-state index in [1.807, 2.05) is 0 Å². The summed E-state index contributed by atoms with van der Waals surface area (Å²) >= 11 is 0. The minimum absolute atomic E-state index is 0.0924. The van der Waals surface area contributed by atoms with Gasteiger partial charge in [-0.1, -0.05) is 6.07 Å². The summed E-state index contributed by atoms with van der Waals surface area (Å²) in [4.78, 5) is 0.0924. The fourth-order valence-electron chi connectivity index (χ4n) is 1.88. The van der Waals surface area contributed by atoms with Crippen molar-refractivity contribution in [2.75, 3.05) is 14.2 Å². The molecule has 2 rings (SSSR count). The molecule has 1 aromatic carbocycles. The maximum atomic E-state index is 12.1. The number of hydrogen-bond donors (Lipinski definition) is 2. The molecule has 1 atom stereocenters. The number of benzene rings is 1. The van der Waals surface area contributed by atoms with Crippen molar-refractivity contribution in [3.8, 4) is 11.5 Å². The number of hydrogen-bond acceptors (Lipinski definition) is 5. The molecule has 0 amide bonds. The minimum atomic E-state index is -3.62. The first-order valence-electron chi connectivity index (χ1n) is 6.21. The monoisotopic (exact) mass is 311 g/mol. The summed E-state index contributed by atoms with van der Waals surface area (Å²) < 4.78 is 37.2. The van der Waals surface area contributed by atoms with E-state index in [1.54, 1.807) is 32.2 Å². The lowest BCUT2D eigenvalue weighted by Gasteiger charge is -2.16. The molecular formula is C13H17N3O4S. The molecule has 0 aliphatic carbocycles. The molecular weight excluding hydrogens is 294 g/mol. The topological polar surface area (TPSA) is 93.3 Å². The van der Waals surface area contributed by atoms with Crippen molar-refractivity contribution in [1.29, 1.82) is 0 Å². The van der Waals surface area contributed by atoms with E-state index in [4.69, 9.17) is 9.47 Å². The zero-order chi connectivity index (χ0) is 15.5. The predicted molar refractivity (Wildman–Crippen MR) is 76.9 cm³/mol. The Morgan fingerprint density at radius 3 is 2.52 bits per heavy atom. The highest BCUT2D eigenvalue weighted by Gasteiger charge is 2.20. The molecule has 2 N–H and O–H groups in total. The van der Waals surface area contributed by atoms with Crippen LogP contribution in [0.3, 0.4) is 0 Å². The Kier molecular flexibility index (Phi) is 4.49. The van der Waals surface area contributed by atoms with Crippen molar-refractivity contribution >= 4 is 10.0 Å². The van der Waals surface area contributed by atoms with Crippen LogP contribution >= 0.6 is 0 Å². The Morgan fingerprint density at radius 1 is 1.24 bits per heavy atom. The Labute approximate surface area is 123 Å². The Balaban J connectivity index is 2.23. The van der Waals surface area contributed by atoms with Gasteiger partial charge in [0.05, 0.1) is 20.4 Å². The minimum Gasteiger partial charge on any atom is -0.493 e. The molecule has 21 heavy (non-hydrogen) atoms. The van der Waals surface area contributed by atoms with E-state index in [9.17, 15) is 8.42 Å². The van der Waals surface area contributed by atoms with Gasteiger partial charge in [0, 0.05) is 12.2 Å². The van der Waals surface area contributed by atoms with Gasteiger partial charge in [-0.3, -0.25) is 5.10 Å². The van der Waals surface area contributed by atoms with E-state index in [2.05, 4.69) is 14.9 Å². The van der Waals surface area contributed by atoms with Crippen LogP contribution in [0.25, 0.3) is 0 Å². The number of methoxy groups -OCH3 is 2. The van der Waals surface area contributed by atoms with Crippen LogP contribution in [0.1, 0.15) is 18.5 Å². The molecule has 0 radical (unpaired) electrons. The summed E-state index contributed by atoms with van der Waals surface area (Å²) in [5.74, 6) is 1.13. The number of rotatable bonds is 6. The fourth-order valence-corrected chi connectivity index (χ4v) is 3.01. The van der Waals surface area contributed by atoms with Gasteiger partial charge in [-0.25, -0.2) is 13.1 Å². The molecule has 0 fully saturated rings. The molecule has 0 spiro atoms. The standard InChI is InChI=1S/C13H17N3O4S/c1-9(16-21(17,18)11-7-14-15-8-11)10-4-5-12(19-2)13(6-10)20-3/h4-9,16H,1-3H3,(H,14,15). The molecule has 0 saturated heterocycles. The van der Waals surface area contributed by atoms with E-state index >= 15 is 0 Å². The zero-order valence-electron chi connectivity index (χ0n) is 12.0. The van der Waals surface area contributed by atoms with Crippen molar-refractivity contribution in [2.45, 2.75) is 17.9 Å². The van der Waals surface area contributed by atoms with Crippen LogP contribution in [0.15, 0.2) is 35.5 Å². The number of H-pyrrole nitrogens is 1. The van der Waals surface area contributed by atoms with E-state index in [0.29, 0.717) is 11.5 Å². The van der Waals surface area contributed by atoms with E-state index < -0.39 is 16.1 Å². The normalized spacial score (nSPS) is 12.9. The summed E-state index contributed by atoms with van der Waals surface area (Å²) in [6.07, 6.45) is 2.58. The number of ether oxygens (including phenoxy) is 2. The first-order valence-corrected chi connectivity index (χ1v) is 7.69. The second-order valence-corrected chi connectivity index (χ2v) is 6.11. The maximum Gasteiger partial charge on any atom is 0.244 e. The summed E-state index contributed by atoms with van der Waals surface area (Å²) in [6.45, 7) is 1.75. The number of sulfonamides is 1. The van der Waals surface area contributed by atoms with Crippen LogP contribution in [0.4, 0.5) is 0 Å². The third kappa shape index (κ3) is 3.34. The molecule has 0 saturated carbocycles. The van der Waals surface area contributed by atoms with Gasteiger partial charge in [-0.05, 0) is 24.6 Å². The number of aromatic amines is 1. The lowest BCUT2D eigenvalue weighted by atomic mass is 10.1. The van der Waals surface area contributed by atoms with Gasteiger partial charge in [-0.15, -0.1) is 0 Å². The smallest absolute Gasteiger partial charge is 0.244 e. The van der Waals surface area contributed by atoms with Crippen LogP contribution in [0.5, 0.6) is 11.5 Å². The number of nitrogens with one attached hydrogen (secondary N) is 2. The van der Waals surface area contributed by atoms with Gasteiger partial charge in [0.1, 0.15) is 4.90 Å². The molecule has 1 aromatic heterocycles. The second-order valence-electron chi connectivity index (χ2n) is 4.39. The van der Waals surface area contributed by atoms with Crippen LogP contribution < -0.4 is 14.2 Å². The molecule has 0 aliphatic heterocycles. The fraction of sp³-hybridized carbons (Fsp3) is 0.308. The Hall–Kier alpha value is -2.06. The van der Waals surface area contributed by atoms with Gasteiger partial charge in [0.2, 0.25) is 10.0 Å². The van der Waals surface area contributed by atoms with Crippen LogP contribution in [-0.2, 0) is 10.0 Å². The Bertz CT molecular complexity index is 698. The third-order valence-corrected chi connectivity index (χ3v) is 4.53. The highest BCUT2D eigenvalue weighted by Crippen LogP contribution is 2.30. The lowest BCUT2D eigenvalue weighted by Crippen LogP contribution is -2.26. The van der Waals surface area contributed by atoms with E-state index in [1.165, 1.54) is 19.5 Å². The van der Waals surface area contributed by atoms with Gasteiger partial charge >= 0.3 is 0 Å². The first-order chi connectivity index (χ1) is 9.97. The first kappa shape index (κ1) is 15.3. The quantitative estimate of drug-likeness (QED) is 0.842. The molecule has 8 heteroatoms. The molecule has 0 aliphatic rings.